The Bertz CT molecular complexity index is 913. The Morgan fingerprint density at radius 1 is 1.08 bits per heavy atom. The molecule has 1 heterocycles. The van der Waals surface area contributed by atoms with Crippen molar-refractivity contribution in [3.05, 3.63) is 60.2 Å². The number of sulfone groups is 1. The second kappa shape index (κ2) is 7.32. The smallest absolute Gasteiger partial charge is 0.335 e. The highest BCUT2D eigenvalue weighted by atomic mass is 32.2. The molecule has 0 fully saturated rings. The van der Waals surface area contributed by atoms with Crippen LogP contribution < -0.4 is 5.32 Å². The summed E-state index contributed by atoms with van der Waals surface area (Å²) < 4.78 is 63.4. The number of hydrogen-bond acceptors (Lipinski definition) is 5. The number of nitrogens with zero attached hydrogens (tertiary/aromatic N) is 1. The van der Waals surface area contributed by atoms with Gasteiger partial charge in [0.05, 0.1) is 22.3 Å². The molecule has 0 saturated carbocycles. The molecule has 4 nitrogen and oxygen atoms in total. The number of thioether (sulfide) groups is 1. The largest absolute Gasteiger partial charge is 0.416 e. The van der Waals surface area contributed by atoms with Gasteiger partial charge in [0, 0.05) is 11.4 Å². The first-order chi connectivity index (χ1) is 12.3. The van der Waals surface area contributed by atoms with Crippen molar-refractivity contribution in [1.29, 1.82) is 0 Å². The summed E-state index contributed by atoms with van der Waals surface area (Å²) in [7, 11) is -3.49. The van der Waals surface area contributed by atoms with Crippen molar-refractivity contribution in [2.75, 3.05) is 17.6 Å². The van der Waals surface area contributed by atoms with Crippen molar-refractivity contribution in [2.45, 2.75) is 16.3 Å². The number of aliphatic imine (C=N–C) groups is 1. The lowest BCUT2D eigenvalue weighted by atomic mass is 10.2. The molecular weight excluding hydrogens is 385 g/mol. The molecule has 0 spiro atoms. The van der Waals surface area contributed by atoms with Gasteiger partial charge in [0.2, 0.25) is 0 Å². The number of anilines is 1. The van der Waals surface area contributed by atoms with Gasteiger partial charge in [0.15, 0.2) is 15.0 Å². The first-order valence-corrected chi connectivity index (χ1v) is 10.2. The van der Waals surface area contributed by atoms with Crippen molar-refractivity contribution >= 4 is 32.5 Å². The van der Waals surface area contributed by atoms with E-state index in [-0.39, 0.29) is 22.9 Å². The van der Waals surface area contributed by atoms with Crippen LogP contribution in [-0.4, -0.2) is 31.1 Å². The highest BCUT2D eigenvalue weighted by Crippen LogP contribution is 2.31. The van der Waals surface area contributed by atoms with Crippen LogP contribution in [0, 0.1) is 0 Å². The molecule has 1 aliphatic rings. The van der Waals surface area contributed by atoms with E-state index in [0.717, 1.165) is 12.1 Å². The minimum Gasteiger partial charge on any atom is -0.335 e. The molecule has 138 valence electrons. The van der Waals surface area contributed by atoms with Gasteiger partial charge in [-0.1, -0.05) is 36.0 Å². The summed E-state index contributed by atoms with van der Waals surface area (Å²) >= 11 is 1.18. The summed E-state index contributed by atoms with van der Waals surface area (Å²) in [6.07, 6.45) is -4.42. The zero-order chi connectivity index (χ0) is 18.8. The van der Waals surface area contributed by atoms with Gasteiger partial charge in [0.1, 0.15) is 0 Å². The second-order valence-corrected chi connectivity index (χ2v) is 8.88. The van der Waals surface area contributed by atoms with Crippen LogP contribution in [0.4, 0.5) is 18.9 Å². The maximum absolute atomic E-state index is 12.8. The van der Waals surface area contributed by atoms with E-state index in [2.05, 4.69) is 10.3 Å². The van der Waals surface area contributed by atoms with Crippen LogP contribution >= 0.6 is 11.8 Å². The third-order valence-electron chi connectivity index (χ3n) is 3.80. The average molecular weight is 400 g/mol. The van der Waals surface area contributed by atoms with E-state index in [1.165, 1.54) is 23.9 Å². The van der Waals surface area contributed by atoms with Crippen LogP contribution in [0.2, 0.25) is 0 Å². The first-order valence-electron chi connectivity index (χ1n) is 7.67. The second-order valence-electron chi connectivity index (χ2n) is 5.64. The molecule has 2 aromatic rings. The van der Waals surface area contributed by atoms with Gasteiger partial charge in [-0.15, -0.1) is 0 Å². The molecule has 0 aromatic heterocycles. The summed E-state index contributed by atoms with van der Waals surface area (Å²) in [6, 6.07) is 12.9. The van der Waals surface area contributed by atoms with Crippen LogP contribution in [0.15, 0.2) is 64.5 Å². The molecule has 26 heavy (non-hydrogen) atoms. The van der Waals surface area contributed by atoms with Crippen molar-refractivity contribution in [3.63, 3.8) is 0 Å². The Balaban J connectivity index is 1.71. The fourth-order valence-corrected chi connectivity index (χ4v) is 5.34. The molecule has 0 saturated heterocycles. The van der Waals surface area contributed by atoms with E-state index >= 15 is 0 Å². The first kappa shape index (κ1) is 18.8. The van der Waals surface area contributed by atoms with Gasteiger partial charge in [-0.2, -0.15) is 13.2 Å². The SMILES string of the molecule is O=S(=O)(c1ccccc1)C1CN=C(Nc2cccc(C(F)(F)F)c2)SC1. The lowest BCUT2D eigenvalue weighted by Crippen LogP contribution is -2.32. The third kappa shape index (κ3) is 4.21. The molecule has 1 atom stereocenters. The molecule has 0 bridgehead atoms. The number of rotatable bonds is 3. The predicted molar refractivity (Wildman–Crippen MR) is 97.2 cm³/mol. The number of hydrogen-bond donors (Lipinski definition) is 1. The van der Waals surface area contributed by atoms with Crippen LogP contribution in [-0.2, 0) is 16.0 Å². The maximum atomic E-state index is 12.8. The fourth-order valence-electron chi connectivity index (χ4n) is 2.42. The monoisotopic (exact) mass is 400 g/mol. The summed E-state index contributed by atoms with van der Waals surface area (Å²) in [5.74, 6) is 0.280. The van der Waals surface area contributed by atoms with Crippen molar-refractivity contribution in [3.8, 4) is 0 Å². The van der Waals surface area contributed by atoms with E-state index in [1.54, 1.807) is 30.3 Å². The Morgan fingerprint density at radius 3 is 2.42 bits per heavy atom. The van der Waals surface area contributed by atoms with Gasteiger partial charge in [0.25, 0.3) is 0 Å². The zero-order valence-electron chi connectivity index (χ0n) is 13.4. The van der Waals surface area contributed by atoms with E-state index in [9.17, 15) is 21.6 Å². The molecule has 2 aromatic carbocycles. The normalized spacial score (nSPS) is 18.3. The predicted octanol–water partition coefficient (Wildman–Crippen LogP) is 4.06. The highest BCUT2D eigenvalue weighted by Gasteiger charge is 2.32. The molecule has 1 N–H and O–H groups in total. The van der Waals surface area contributed by atoms with Crippen LogP contribution in [0.25, 0.3) is 0 Å². The van der Waals surface area contributed by atoms with Gasteiger partial charge in [-0.05, 0) is 30.3 Å². The summed E-state index contributed by atoms with van der Waals surface area (Å²) in [4.78, 5) is 4.44. The Kier molecular flexibility index (Phi) is 5.29. The molecule has 1 aliphatic heterocycles. The van der Waals surface area contributed by atoms with E-state index in [4.69, 9.17) is 0 Å². The van der Waals surface area contributed by atoms with Crippen LogP contribution in [0.5, 0.6) is 0 Å². The number of benzene rings is 2. The van der Waals surface area contributed by atoms with E-state index < -0.39 is 26.8 Å². The van der Waals surface area contributed by atoms with Crippen molar-refractivity contribution in [2.24, 2.45) is 4.99 Å². The molecule has 1 unspecified atom stereocenters. The van der Waals surface area contributed by atoms with E-state index in [1.807, 2.05) is 0 Å². The highest BCUT2D eigenvalue weighted by molar-refractivity contribution is 8.14. The summed E-state index contributed by atoms with van der Waals surface area (Å²) in [5.41, 5.74) is -0.496. The molecule has 0 aliphatic carbocycles. The molecule has 9 heteroatoms. The summed E-state index contributed by atoms with van der Waals surface area (Å²) in [6.45, 7) is 0.0610. The van der Waals surface area contributed by atoms with Gasteiger partial charge in [-0.3, -0.25) is 4.99 Å². The van der Waals surface area contributed by atoms with Crippen LogP contribution in [0.1, 0.15) is 5.56 Å². The standard InChI is InChI=1S/C17H15F3N2O2S2/c18-17(19,20)12-5-4-6-13(9-12)22-16-21-10-15(11-25-16)26(23,24)14-7-2-1-3-8-14/h1-9,15H,10-11H2,(H,21,22). The van der Waals surface area contributed by atoms with Crippen molar-refractivity contribution < 1.29 is 21.6 Å². The minimum atomic E-state index is -4.42. The quantitative estimate of drug-likeness (QED) is 0.844. The number of alkyl halides is 3. The van der Waals surface area contributed by atoms with Gasteiger partial charge < -0.3 is 5.32 Å². The van der Waals surface area contributed by atoms with Gasteiger partial charge in [-0.25, -0.2) is 8.42 Å². The molecule has 0 radical (unpaired) electrons. The Labute approximate surface area is 153 Å². The van der Waals surface area contributed by atoms with Crippen LogP contribution in [0.3, 0.4) is 0 Å². The number of nitrogens with one attached hydrogen (secondary N) is 1. The molecule has 0 amide bonds. The Morgan fingerprint density at radius 2 is 1.81 bits per heavy atom. The van der Waals surface area contributed by atoms with Gasteiger partial charge >= 0.3 is 6.18 Å². The number of amidine groups is 1. The van der Waals surface area contributed by atoms with Crippen molar-refractivity contribution in [1.82, 2.24) is 0 Å². The fraction of sp³-hybridized carbons (Fsp3) is 0.235. The van der Waals surface area contributed by atoms with E-state index in [0.29, 0.717) is 5.17 Å². The minimum absolute atomic E-state index is 0.0610. The average Bonchev–Trinajstić information content (AvgIpc) is 2.62. The molecule has 3 rings (SSSR count). The lowest BCUT2D eigenvalue weighted by molar-refractivity contribution is -0.137. The maximum Gasteiger partial charge on any atom is 0.416 e. The molecular formula is C17H15F3N2O2S2. The Hall–Kier alpha value is -2.00. The number of halogens is 3. The lowest BCUT2D eigenvalue weighted by Gasteiger charge is -2.21. The summed E-state index contributed by atoms with van der Waals surface area (Å²) in [5, 5.41) is 2.56. The topological polar surface area (TPSA) is 58.5 Å². The zero-order valence-corrected chi connectivity index (χ0v) is 15.0. The third-order valence-corrected chi connectivity index (χ3v) is 7.20.